The van der Waals surface area contributed by atoms with Crippen molar-refractivity contribution < 1.29 is 9.90 Å². The van der Waals surface area contributed by atoms with Gasteiger partial charge in [0, 0.05) is 7.05 Å². The van der Waals surface area contributed by atoms with E-state index in [0.717, 1.165) is 30.5 Å². The van der Waals surface area contributed by atoms with Crippen LogP contribution in [0.3, 0.4) is 0 Å². The standard InChI is InChI=1S/C15H20N2O2/c1-4-5-11-14(13-9-7-6-8-10-13)16-17(3)12(2)15(18)19/h6-10H,2,4-5,11H2,1,3H3,(H,18,19)/b16-14+. The zero-order valence-corrected chi connectivity index (χ0v) is 11.5. The summed E-state index contributed by atoms with van der Waals surface area (Å²) >= 11 is 0. The number of hydrogen-bond acceptors (Lipinski definition) is 3. The fraction of sp³-hybridized carbons (Fsp3) is 0.333. The molecular weight excluding hydrogens is 240 g/mol. The SMILES string of the molecule is C=C(C(=O)O)N(C)/N=C(\CCCC)c1ccccc1. The number of aliphatic carboxylic acids is 1. The van der Waals surface area contributed by atoms with Crippen LogP contribution in [0.4, 0.5) is 0 Å². The summed E-state index contributed by atoms with van der Waals surface area (Å²) < 4.78 is 0. The Bertz CT molecular complexity index is 466. The van der Waals surface area contributed by atoms with Crippen molar-refractivity contribution in [2.24, 2.45) is 5.10 Å². The van der Waals surface area contributed by atoms with Crippen LogP contribution in [-0.4, -0.2) is 28.8 Å². The summed E-state index contributed by atoms with van der Waals surface area (Å²) in [5, 5.41) is 14.6. The van der Waals surface area contributed by atoms with Gasteiger partial charge in [-0.15, -0.1) is 0 Å². The molecule has 0 atom stereocenters. The number of hydrazone groups is 1. The van der Waals surface area contributed by atoms with Crippen molar-refractivity contribution in [3.8, 4) is 0 Å². The number of carboxylic acid groups (broad SMARTS) is 1. The van der Waals surface area contributed by atoms with Gasteiger partial charge in [0.05, 0.1) is 5.71 Å². The largest absolute Gasteiger partial charge is 0.477 e. The molecule has 19 heavy (non-hydrogen) atoms. The van der Waals surface area contributed by atoms with Crippen LogP contribution in [0.5, 0.6) is 0 Å². The number of unbranched alkanes of at least 4 members (excludes halogenated alkanes) is 1. The lowest BCUT2D eigenvalue weighted by molar-refractivity contribution is -0.134. The number of rotatable bonds is 7. The van der Waals surface area contributed by atoms with Gasteiger partial charge in [-0.1, -0.05) is 50.3 Å². The molecule has 102 valence electrons. The van der Waals surface area contributed by atoms with Gasteiger partial charge in [-0.25, -0.2) is 4.79 Å². The molecule has 4 heteroatoms. The third-order valence-electron chi connectivity index (χ3n) is 2.78. The lowest BCUT2D eigenvalue weighted by Gasteiger charge is -2.15. The summed E-state index contributed by atoms with van der Waals surface area (Å²) in [5.74, 6) is -1.06. The van der Waals surface area contributed by atoms with Gasteiger partial charge in [-0.05, 0) is 18.4 Å². The Morgan fingerprint density at radius 1 is 1.37 bits per heavy atom. The third kappa shape index (κ3) is 4.58. The molecule has 0 saturated heterocycles. The molecule has 0 unspecified atom stereocenters. The van der Waals surface area contributed by atoms with Crippen LogP contribution in [0.1, 0.15) is 31.7 Å². The van der Waals surface area contributed by atoms with Gasteiger partial charge < -0.3 is 5.11 Å². The van der Waals surface area contributed by atoms with E-state index < -0.39 is 5.97 Å². The minimum absolute atomic E-state index is 0.0371. The van der Waals surface area contributed by atoms with Crippen molar-refractivity contribution in [1.82, 2.24) is 5.01 Å². The predicted octanol–water partition coefficient (Wildman–Crippen LogP) is 3.11. The highest BCUT2D eigenvalue weighted by atomic mass is 16.4. The number of nitrogens with zero attached hydrogens (tertiary/aromatic N) is 2. The molecule has 0 aromatic heterocycles. The van der Waals surface area contributed by atoms with Crippen LogP contribution in [0.15, 0.2) is 47.7 Å². The number of hydrogen-bond donors (Lipinski definition) is 1. The van der Waals surface area contributed by atoms with Crippen molar-refractivity contribution in [1.29, 1.82) is 0 Å². The number of carboxylic acids is 1. The highest BCUT2D eigenvalue weighted by Gasteiger charge is 2.11. The molecular formula is C15H20N2O2. The van der Waals surface area contributed by atoms with E-state index in [4.69, 9.17) is 5.11 Å². The Balaban J connectivity index is 2.97. The summed E-state index contributed by atoms with van der Waals surface area (Å²) in [4.78, 5) is 10.9. The summed E-state index contributed by atoms with van der Waals surface area (Å²) in [6.45, 7) is 5.61. The summed E-state index contributed by atoms with van der Waals surface area (Å²) in [7, 11) is 1.60. The Morgan fingerprint density at radius 2 is 2.00 bits per heavy atom. The quantitative estimate of drug-likeness (QED) is 0.465. The highest BCUT2D eigenvalue weighted by Crippen LogP contribution is 2.11. The van der Waals surface area contributed by atoms with Gasteiger partial charge in [0.15, 0.2) is 0 Å². The molecule has 1 aromatic rings. The fourth-order valence-corrected chi connectivity index (χ4v) is 1.61. The Hall–Kier alpha value is -2.10. The fourth-order valence-electron chi connectivity index (χ4n) is 1.61. The second kappa shape index (κ2) is 7.36. The van der Waals surface area contributed by atoms with E-state index >= 15 is 0 Å². The van der Waals surface area contributed by atoms with Crippen molar-refractivity contribution in [2.75, 3.05) is 7.05 Å². The van der Waals surface area contributed by atoms with Crippen LogP contribution in [-0.2, 0) is 4.79 Å². The minimum atomic E-state index is -1.06. The maximum absolute atomic E-state index is 10.9. The van der Waals surface area contributed by atoms with Gasteiger partial charge in [0.1, 0.15) is 5.70 Å². The third-order valence-corrected chi connectivity index (χ3v) is 2.78. The molecule has 0 aliphatic carbocycles. The van der Waals surface area contributed by atoms with E-state index in [1.54, 1.807) is 7.05 Å². The van der Waals surface area contributed by atoms with Gasteiger partial charge >= 0.3 is 5.97 Å². The van der Waals surface area contributed by atoms with Crippen LogP contribution < -0.4 is 0 Å². The molecule has 0 fully saturated rings. The zero-order chi connectivity index (χ0) is 14.3. The van der Waals surface area contributed by atoms with E-state index in [0.29, 0.717) is 0 Å². The van der Waals surface area contributed by atoms with Crippen LogP contribution >= 0.6 is 0 Å². The lowest BCUT2D eigenvalue weighted by atomic mass is 10.1. The van der Waals surface area contributed by atoms with Gasteiger partial charge in [-0.2, -0.15) is 5.10 Å². The van der Waals surface area contributed by atoms with E-state index in [1.165, 1.54) is 5.01 Å². The average Bonchev–Trinajstić information content (AvgIpc) is 2.43. The second-order valence-electron chi connectivity index (χ2n) is 4.29. The van der Waals surface area contributed by atoms with Crippen molar-refractivity contribution in [3.05, 3.63) is 48.2 Å². The van der Waals surface area contributed by atoms with Crippen molar-refractivity contribution >= 4 is 11.7 Å². The molecule has 4 nitrogen and oxygen atoms in total. The van der Waals surface area contributed by atoms with Crippen molar-refractivity contribution in [2.45, 2.75) is 26.2 Å². The van der Waals surface area contributed by atoms with Gasteiger partial charge in [-0.3, -0.25) is 5.01 Å². The molecule has 1 N–H and O–H groups in total. The predicted molar refractivity (Wildman–Crippen MR) is 77.0 cm³/mol. The molecule has 0 spiro atoms. The molecule has 0 aliphatic rings. The van der Waals surface area contributed by atoms with Crippen LogP contribution in [0.2, 0.25) is 0 Å². The first-order chi connectivity index (χ1) is 9.06. The number of likely N-dealkylation sites (N-methyl/N-ethyl adjacent to an activating group) is 1. The zero-order valence-electron chi connectivity index (χ0n) is 11.5. The molecule has 0 aliphatic heterocycles. The Labute approximate surface area is 114 Å². The van der Waals surface area contributed by atoms with E-state index in [2.05, 4.69) is 18.6 Å². The van der Waals surface area contributed by atoms with Gasteiger partial charge in [0.25, 0.3) is 0 Å². The maximum atomic E-state index is 10.9. The normalized spacial score (nSPS) is 11.2. The molecule has 1 rings (SSSR count). The first kappa shape index (κ1) is 15.0. The molecule has 0 amide bonds. The Kier molecular flexibility index (Phi) is 5.79. The molecule has 0 bridgehead atoms. The second-order valence-corrected chi connectivity index (χ2v) is 4.29. The first-order valence-corrected chi connectivity index (χ1v) is 6.35. The maximum Gasteiger partial charge on any atom is 0.353 e. The van der Waals surface area contributed by atoms with Crippen LogP contribution in [0.25, 0.3) is 0 Å². The number of benzene rings is 1. The summed E-state index contributed by atoms with van der Waals surface area (Å²) in [6, 6.07) is 9.80. The Morgan fingerprint density at radius 3 is 2.53 bits per heavy atom. The molecule has 1 aromatic carbocycles. The smallest absolute Gasteiger partial charge is 0.353 e. The highest BCUT2D eigenvalue weighted by molar-refractivity contribution is 6.00. The molecule has 0 radical (unpaired) electrons. The minimum Gasteiger partial charge on any atom is -0.477 e. The van der Waals surface area contributed by atoms with Gasteiger partial charge in [0.2, 0.25) is 0 Å². The summed E-state index contributed by atoms with van der Waals surface area (Å²) in [5.41, 5.74) is 1.86. The van der Waals surface area contributed by atoms with Crippen LogP contribution in [0, 0.1) is 0 Å². The lowest BCUT2D eigenvalue weighted by Crippen LogP contribution is -2.19. The van der Waals surface area contributed by atoms with E-state index in [9.17, 15) is 4.79 Å². The van der Waals surface area contributed by atoms with Crippen molar-refractivity contribution in [3.63, 3.8) is 0 Å². The average molecular weight is 260 g/mol. The van der Waals surface area contributed by atoms with E-state index in [1.807, 2.05) is 30.3 Å². The molecule has 0 heterocycles. The summed E-state index contributed by atoms with van der Waals surface area (Å²) in [6.07, 6.45) is 2.90. The first-order valence-electron chi connectivity index (χ1n) is 6.35. The number of carbonyl (C=O) groups is 1. The van der Waals surface area contributed by atoms with E-state index in [-0.39, 0.29) is 5.70 Å². The topological polar surface area (TPSA) is 52.9 Å². The monoisotopic (exact) mass is 260 g/mol. The molecule has 0 saturated carbocycles.